The molecule has 1 aromatic rings. The average Bonchev–Trinajstić information content (AvgIpc) is 2.94. The van der Waals surface area contributed by atoms with Crippen molar-refractivity contribution in [3.8, 4) is 11.5 Å². The highest BCUT2D eigenvalue weighted by Crippen LogP contribution is 2.30. The van der Waals surface area contributed by atoms with Crippen LogP contribution in [0.4, 0.5) is 9.59 Å². The van der Waals surface area contributed by atoms with Crippen molar-refractivity contribution in [2.75, 3.05) is 19.8 Å². The molecule has 0 aromatic heterocycles. The quantitative estimate of drug-likeness (QED) is 0.139. The van der Waals surface area contributed by atoms with Gasteiger partial charge in [-0.25, -0.2) is 9.59 Å². The molecule has 1 rings (SSSR count). The maximum atomic E-state index is 12.6. The minimum Gasteiger partial charge on any atom is -0.462 e. The molecule has 0 aliphatic heterocycles. The zero-order chi connectivity index (χ0) is 30.9. The minimum absolute atomic E-state index is 0.0237. The summed E-state index contributed by atoms with van der Waals surface area (Å²) in [7, 11) is 0. The lowest BCUT2D eigenvalue weighted by Gasteiger charge is -2.18. The van der Waals surface area contributed by atoms with Gasteiger partial charge < -0.3 is 34.2 Å². The third-order valence-corrected chi connectivity index (χ3v) is 6.42. The SMILES string of the molecule is CCCC(C)C(=O)OC[C@H](C)OC(=O)[C@@H](N)Cc1ccc(OC(=O)OCC(C)CC)c(OC(=O)OCC(C)CC)c1. The van der Waals surface area contributed by atoms with Crippen molar-refractivity contribution in [3.05, 3.63) is 23.8 Å². The van der Waals surface area contributed by atoms with E-state index in [-0.39, 0.29) is 61.5 Å². The highest BCUT2D eigenvalue weighted by Gasteiger charge is 2.23. The second-order valence-electron chi connectivity index (χ2n) is 10.5. The molecule has 232 valence electrons. The van der Waals surface area contributed by atoms with E-state index in [0.29, 0.717) is 12.0 Å². The van der Waals surface area contributed by atoms with Crippen LogP contribution in [0.15, 0.2) is 18.2 Å². The van der Waals surface area contributed by atoms with Crippen molar-refractivity contribution in [2.45, 2.75) is 92.7 Å². The monoisotopic (exact) mass is 581 g/mol. The first-order valence-corrected chi connectivity index (χ1v) is 14.3. The Morgan fingerprint density at radius 1 is 0.756 bits per heavy atom. The van der Waals surface area contributed by atoms with E-state index in [1.54, 1.807) is 19.9 Å². The van der Waals surface area contributed by atoms with Gasteiger partial charge in [0.15, 0.2) is 11.5 Å². The van der Waals surface area contributed by atoms with Crippen molar-refractivity contribution < 1.29 is 47.6 Å². The topological polar surface area (TPSA) is 150 Å². The molecule has 2 N–H and O–H groups in total. The summed E-state index contributed by atoms with van der Waals surface area (Å²) in [5, 5.41) is 0. The van der Waals surface area contributed by atoms with Crippen molar-refractivity contribution in [3.63, 3.8) is 0 Å². The number of hydrogen-bond acceptors (Lipinski definition) is 11. The molecule has 0 bridgehead atoms. The van der Waals surface area contributed by atoms with E-state index in [2.05, 4.69) is 0 Å². The normalized spacial score (nSPS) is 14.5. The van der Waals surface area contributed by atoms with Crippen molar-refractivity contribution in [2.24, 2.45) is 23.5 Å². The molecule has 3 unspecified atom stereocenters. The van der Waals surface area contributed by atoms with Gasteiger partial charge in [-0.05, 0) is 49.3 Å². The summed E-state index contributed by atoms with van der Waals surface area (Å²) in [6.45, 7) is 13.4. The lowest BCUT2D eigenvalue weighted by atomic mass is 10.1. The number of esters is 2. The Balaban J connectivity index is 2.88. The van der Waals surface area contributed by atoms with Crippen LogP contribution in [-0.2, 0) is 35.0 Å². The van der Waals surface area contributed by atoms with Crippen LogP contribution in [0.2, 0.25) is 0 Å². The molecular formula is C30H47NO10. The van der Waals surface area contributed by atoms with E-state index < -0.39 is 30.4 Å². The zero-order valence-electron chi connectivity index (χ0n) is 25.4. The Hall–Kier alpha value is -3.34. The van der Waals surface area contributed by atoms with E-state index in [9.17, 15) is 19.2 Å². The Kier molecular flexibility index (Phi) is 16.5. The van der Waals surface area contributed by atoms with Gasteiger partial charge in [-0.3, -0.25) is 9.59 Å². The standard InChI is InChI=1S/C30H47NO10/c1-8-11-21(6)27(32)36-18-22(7)39-28(33)24(31)14-23-12-13-25(40-29(34)37-16-19(4)9-2)26(15-23)41-30(35)38-17-20(5)10-3/h12-13,15,19-22,24H,8-11,14,16-18,31H2,1-7H3/t19?,20?,21?,22-,24-/m0/s1. The first kappa shape index (κ1) is 35.7. The molecule has 41 heavy (non-hydrogen) atoms. The van der Waals surface area contributed by atoms with Crippen LogP contribution in [-0.4, -0.2) is 56.2 Å². The van der Waals surface area contributed by atoms with Gasteiger partial charge in [0.2, 0.25) is 0 Å². The summed E-state index contributed by atoms with van der Waals surface area (Å²) in [4.78, 5) is 49.1. The van der Waals surface area contributed by atoms with Crippen LogP contribution in [0.1, 0.15) is 79.7 Å². The first-order valence-electron chi connectivity index (χ1n) is 14.3. The lowest BCUT2D eigenvalue weighted by molar-refractivity contribution is -0.161. The number of hydrogen-bond donors (Lipinski definition) is 1. The maximum Gasteiger partial charge on any atom is 0.513 e. The van der Waals surface area contributed by atoms with Gasteiger partial charge in [-0.1, -0.05) is 66.9 Å². The molecule has 11 nitrogen and oxygen atoms in total. The molecule has 5 atom stereocenters. The van der Waals surface area contributed by atoms with Gasteiger partial charge in [-0.2, -0.15) is 0 Å². The fraction of sp³-hybridized carbons (Fsp3) is 0.667. The van der Waals surface area contributed by atoms with Crippen LogP contribution < -0.4 is 15.2 Å². The number of carbonyl (C=O) groups excluding carboxylic acids is 4. The van der Waals surface area contributed by atoms with Gasteiger partial charge in [-0.15, -0.1) is 0 Å². The summed E-state index contributed by atoms with van der Waals surface area (Å²) < 4.78 is 31.4. The van der Waals surface area contributed by atoms with Gasteiger partial charge in [0.1, 0.15) is 18.8 Å². The molecular weight excluding hydrogens is 534 g/mol. The average molecular weight is 582 g/mol. The zero-order valence-corrected chi connectivity index (χ0v) is 25.4. The molecule has 0 spiro atoms. The van der Waals surface area contributed by atoms with Crippen LogP contribution in [0, 0.1) is 17.8 Å². The summed E-state index contributed by atoms with van der Waals surface area (Å²) in [5.74, 6) is -1.15. The van der Waals surface area contributed by atoms with Gasteiger partial charge in [0.05, 0.1) is 19.1 Å². The summed E-state index contributed by atoms with van der Waals surface area (Å²) in [6.07, 6.45) is 0.614. The molecule has 0 saturated heterocycles. The van der Waals surface area contributed by atoms with E-state index in [0.717, 1.165) is 19.3 Å². The van der Waals surface area contributed by atoms with Crippen molar-refractivity contribution in [1.82, 2.24) is 0 Å². The van der Waals surface area contributed by atoms with Crippen molar-refractivity contribution in [1.29, 1.82) is 0 Å². The number of benzene rings is 1. The van der Waals surface area contributed by atoms with E-state index >= 15 is 0 Å². The third-order valence-electron chi connectivity index (χ3n) is 6.42. The Bertz CT molecular complexity index is 982. The Labute approximate surface area is 243 Å². The largest absolute Gasteiger partial charge is 0.513 e. The number of rotatable bonds is 17. The molecule has 0 heterocycles. The number of ether oxygens (including phenoxy) is 6. The Morgan fingerprint density at radius 2 is 1.32 bits per heavy atom. The first-order chi connectivity index (χ1) is 19.4. The molecule has 0 radical (unpaired) electrons. The molecule has 0 aliphatic rings. The van der Waals surface area contributed by atoms with Crippen LogP contribution >= 0.6 is 0 Å². The second-order valence-corrected chi connectivity index (χ2v) is 10.5. The van der Waals surface area contributed by atoms with Crippen LogP contribution in [0.5, 0.6) is 11.5 Å². The van der Waals surface area contributed by atoms with E-state index in [1.165, 1.54) is 12.1 Å². The smallest absolute Gasteiger partial charge is 0.462 e. The summed E-state index contributed by atoms with van der Waals surface area (Å²) >= 11 is 0. The summed E-state index contributed by atoms with van der Waals surface area (Å²) in [5.41, 5.74) is 6.58. The van der Waals surface area contributed by atoms with Gasteiger partial charge in [0.25, 0.3) is 0 Å². The molecule has 0 aliphatic carbocycles. The maximum absolute atomic E-state index is 12.6. The lowest BCUT2D eigenvalue weighted by Crippen LogP contribution is -2.37. The van der Waals surface area contributed by atoms with E-state index in [4.69, 9.17) is 34.2 Å². The molecule has 1 aromatic carbocycles. The second kappa shape index (κ2) is 18.9. The fourth-order valence-electron chi connectivity index (χ4n) is 3.29. The molecule has 0 saturated carbocycles. The predicted molar refractivity (Wildman–Crippen MR) is 152 cm³/mol. The van der Waals surface area contributed by atoms with Crippen molar-refractivity contribution >= 4 is 24.2 Å². The molecule has 11 heteroatoms. The Morgan fingerprint density at radius 3 is 1.85 bits per heavy atom. The molecule has 0 fully saturated rings. The highest BCUT2D eigenvalue weighted by atomic mass is 16.7. The number of carbonyl (C=O) groups is 4. The highest BCUT2D eigenvalue weighted by molar-refractivity contribution is 5.76. The van der Waals surface area contributed by atoms with Crippen LogP contribution in [0.3, 0.4) is 0 Å². The fourth-order valence-corrected chi connectivity index (χ4v) is 3.29. The third kappa shape index (κ3) is 14.2. The summed E-state index contributed by atoms with van der Waals surface area (Å²) in [6, 6.07) is 3.34. The minimum atomic E-state index is -1.07. The van der Waals surface area contributed by atoms with Crippen LogP contribution in [0.25, 0.3) is 0 Å². The number of nitrogens with two attached hydrogens (primary N) is 1. The predicted octanol–water partition coefficient (Wildman–Crippen LogP) is 5.59. The van der Waals surface area contributed by atoms with E-state index in [1.807, 2.05) is 34.6 Å². The molecule has 0 amide bonds. The van der Waals surface area contributed by atoms with Gasteiger partial charge in [0, 0.05) is 0 Å². The van der Waals surface area contributed by atoms with Gasteiger partial charge >= 0.3 is 24.2 Å².